The second kappa shape index (κ2) is 4.65. The Hall–Kier alpha value is -0.760. The van der Waals surface area contributed by atoms with Crippen molar-refractivity contribution >= 4 is 18.0 Å². The number of aldehydes is 1. The summed E-state index contributed by atoms with van der Waals surface area (Å²) in [5, 5.41) is 0. The molecule has 0 spiro atoms. The molecule has 2 rings (SSSR count). The van der Waals surface area contributed by atoms with Crippen molar-refractivity contribution in [2.24, 2.45) is 5.92 Å². The van der Waals surface area contributed by atoms with E-state index in [9.17, 15) is 4.79 Å². The third-order valence-corrected chi connectivity index (χ3v) is 3.97. The number of hydrogen-bond acceptors (Lipinski definition) is 2. The van der Waals surface area contributed by atoms with Gasteiger partial charge in [0.15, 0.2) is 0 Å². The maximum absolute atomic E-state index is 10.4. The van der Waals surface area contributed by atoms with Gasteiger partial charge in [0.25, 0.3) is 0 Å². The fourth-order valence-corrected chi connectivity index (χ4v) is 2.61. The molecule has 0 N–H and O–H groups in total. The van der Waals surface area contributed by atoms with Crippen molar-refractivity contribution in [1.29, 1.82) is 0 Å². The fraction of sp³-hybridized carbons (Fsp3) is 0.417. The largest absolute Gasteiger partial charge is 0.298 e. The quantitative estimate of drug-likeness (QED) is 0.555. The van der Waals surface area contributed by atoms with Crippen LogP contribution in [0.4, 0.5) is 0 Å². The molecule has 0 amide bonds. The number of thioether (sulfide) groups is 1. The Morgan fingerprint density at radius 3 is 2.50 bits per heavy atom. The van der Waals surface area contributed by atoms with Crippen LogP contribution in [-0.4, -0.2) is 12.0 Å². The molecule has 1 saturated carbocycles. The molecule has 1 aliphatic rings. The van der Waals surface area contributed by atoms with E-state index in [-0.39, 0.29) is 0 Å². The zero-order valence-corrected chi connectivity index (χ0v) is 8.93. The average molecular weight is 206 g/mol. The number of benzene rings is 1. The zero-order valence-electron chi connectivity index (χ0n) is 8.11. The fourth-order valence-electron chi connectivity index (χ4n) is 1.52. The van der Waals surface area contributed by atoms with Crippen LogP contribution in [0, 0.1) is 5.92 Å². The van der Waals surface area contributed by atoms with E-state index < -0.39 is 0 Å². The number of carbonyl (C=O) groups is 1. The predicted molar refractivity (Wildman–Crippen MR) is 59.9 cm³/mol. The summed E-state index contributed by atoms with van der Waals surface area (Å²) < 4.78 is 0. The Morgan fingerprint density at radius 2 is 2.00 bits per heavy atom. The molecule has 1 nitrogen and oxygen atoms in total. The predicted octanol–water partition coefficient (Wildman–Crippen LogP) is 3.39. The van der Waals surface area contributed by atoms with Crippen LogP contribution in [0.2, 0.25) is 0 Å². The van der Waals surface area contributed by atoms with Crippen LogP contribution in [0.5, 0.6) is 0 Å². The van der Waals surface area contributed by atoms with Crippen LogP contribution < -0.4 is 0 Å². The highest BCUT2D eigenvalue weighted by atomic mass is 32.2. The summed E-state index contributed by atoms with van der Waals surface area (Å²) in [4.78, 5) is 11.7. The van der Waals surface area contributed by atoms with E-state index in [1.54, 1.807) is 0 Å². The molecule has 1 aromatic rings. The topological polar surface area (TPSA) is 17.1 Å². The Labute approximate surface area is 88.9 Å². The van der Waals surface area contributed by atoms with E-state index in [4.69, 9.17) is 0 Å². The SMILES string of the molecule is O=Cc1ccc(SCC2CCC2)cc1. The van der Waals surface area contributed by atoms with Crippen molar-refractivity contribution < 1.29 is 4.79 Å². The van der Waals surface area contributed by atoms with Gasteiger partial charge in [-0.2, -0.15) is 0 Å². The minimum absolute atomic E-state index is 0.762. The maximum atomic E-state index is 10.4. The van der Waals surface area contributed by atoms with Crippen LogP contribution in [-0.2, 0) is 0 Å². The van der Waals surface area contributed by atoms with Crippen molar-refractivity contribution in [3.63, 3.8) is 0 Å². The lowest BCUT2D eigenvalue weighted by molar-refractivity contribution is 0.112. The van der Waals surface area contributed by atoms with Gasteiger partial charge in [-0.1, -0.05) is 18.6 Å². The molecule has 14 heavy (non-hydrogen) atoms. The molecule has 1 fully saturated rings. The smallest absolute Gasteiger partial charge is 0.150 e. The highest BCUT2D eigenvalue weighted by Gasteiger charge is 2.16. The average Bonchev–Trinajstić information content (AvgIpc) is 2.16. The van der Waals surface area contributed by atoms with E-state index >= 15 is 0 Å². The summed E-state index contributed by atoms with van der Waals surface area (Å²) in [5.41, 5.74) is 0.762. The van der Waals surface area contributed by atoms with Gasteiger partial charge in [0.2, 0.25) is 0 Å². The maximum Gasteiger partial charge on any atom is 0.150 e. The van der Waals surface area contributed by atoms with Gasteiger partial charge in [-0.15, -0.1) is 11.8 Å². The van der Waals surface area contributed by atoms with Crippen molar-refractivity contribution in [1.82, 2.24) is 0 Å². The molecule has 0 unspecified atom stereocenters. The van der Waals surface area contributed by atoms with Gasteiger partial charge in [-0.25, -0.2) is 0 Å². The van der Waals surface area contributed by atoms with Gasteiger partial charge in [0.05, 0.1) is 0 Å². The van der Waals surface area contributed by atoms with Crippen LogP contribution in [0.25, 0.3) is 0 Å². The Balaban J connectivity index is 1.85. The molecule has 2 heteroatoms. The molecule has 0 bridgehead atoms. The van der Waals surface area contributed by atoms with E-state index in [1.165, 1.54) is 29.9 Å². The second-order valence-corrected chi connectivity index (χ2v) is 4.89. The van der Waals surface area contributed by atoms with Crippen molar-refractivity contribution in [2.45, 2.75) is 24.2 Å². The van der Waals surface area contributed by atoms with Gasteiger partial charge < -0.3 is 0 Å². The Morgan fingerprint density at radius 1 is 1.29 bits per heavy atom. The highest BCUT2D eigenvalue weighted by Crippen LogP contribution is 2.32. The molecule has 1 aromatic carbocycles. The van der Waals surface area contributed by atoms with E-state index in [0.717, 1.165) is 17.8 Å². The van der Waals surface area contributed by atoms with Crippen LogP contribution in [0.3, 0.4) is 0 Å². The first-order chi connectivity index (χ1) is 6.88. The standard InChI is InChI=1S/C12H14OS/c13-8-10-4-6-12(7-5-10)14-9-11-2-1-3-11/h4-8,11H,1-3,9H2. The Kier molecular flexibility index (Phi) is 3.25. The number of carbonyl (C=O) groups excluding carboxylic acids is 1. The van der Waals surface area contributed by atoms with Crippen molar-refractivity contribution in [2.75, 3.05) is 5.75 Å². The monoisotopic (exact) mass is 206 g/mol. The molecular formula is C12H14OS. The van der Waals surface area contributed by atoms with Crippen molar-refractivity contribution in [3.05, 3.63) is 29.8 Å². The summed E-state index contributed by atoms with van der Waals surface area (Å²) in [6.45, 7) is 0. The summed E-state index contributed by atoms with van der Waals surface area (Å²) >= 11 is 1.91. The molecule has 0 atom stereocenters. The Bertz CT molecular complexity index is 301. The third-order valence-electron chi connectivity index (χ3n) is 2.73. The lowest BCUT2D eigenvalue weighted by atomic mass is 9.87. The lowest BCUT2D eigenvalue weighted by Crippen LogP contribution is -2.12. The van der Waals surface area contributed by atoms with Gasteiger partial charge >= 0.3 is 0 Å². The molecule has 0 radical (unpaired) electrons. The summed E-state index contributed by atoms with van der Waals surface area (Å²) in [7, 11) is 0. The molecule has 0 saturated heterocycles. The van der Waals surface area contributed by atoms with Crippen LogP contribution in [0.1, 0.15) is 29.6 Å². The molecule has 1 aliphatic carbocycles. The summed E-state index contributed by atoms with van der Waals surface area (Å²) in [6, 6.07) is 7.84. The molecule has 0 aliphatic heterocycles. The van der Waals surface area contributed by atoms with E-state index in [0.29, 0.717) is 0 Å². The third kappa shape index (κ3) is 2.38. The molecule has 0 aromatic heterocycles. The normalized spacial score (nSPS) is 16.3. The second-order valence-electron chi connectivity index (χ2n) is 3.79. The van der Waals surface area contributed by atoms with Gasteiger partial charge in [-0.3, -0.25) is 4.79 Å². The molecule has 0 heterocycles. The van der Waals surface area contributed by atoms with Gasteiger partial charge in [0, 0.05) is 16.2 Å². The van der Waals surface area contributed by atoms with E-state index in [2.05, 4.69) is 0 Å². The number of hydrogen-bond donors (Lipinski definition) is 0. The minimum Gasteiger partial charge on any atom is -0.298 e. The lowest BCUT2D eigenvalue weighted by Gasteiger charge is -2.24. The first kappa shape index (κ1) is 9.78. The highest BCUT2D eigenvalue weighted by molar-refractivity contribution is 7.99. The van der Waals surface area contributed by atoms with Gasteiger partial charge in [-0.05, 0) is 30.9 Å². The first-order valence-electron chi connectivity index (χ1n) is 5.06. The van der Waals surface area contributed by atoms with Crippen LogP contribution in [0.15, 0.2) is 29.2 Å². The van der Waals surface area contributed by atoms with Crippen LogP contribution >= 0.6 is 11.8 Å². The summed E-state index contributed by atoms with van der Waals surface area (Å²) in [6.07, 6.45) is 5.11. The number of rotatable bonds is 4. The zero-order chi connectivity index (χ0) is 9.80. The first-order valence-corrected chi connectivity index (χ1v) is 6.05. The van der Waals surface area contributed by atoms with Gasteiger partial charge in [0.1, 0.15) is 6.29 Å². The molecule has 74 valence electrons. The van der Waals surface area contributed by atoms with Crippen molar-refractivity contribution in [3.8, 4) is 0 Å². The minimum atomic E-state index is 0.762. The van der Waals surface area contributed by atoms with E-state index in [1.807, 2.05) is 36.0 Å². The molecular weight excluding hydrogens is 192 g/mol. The summed E-state index contributed by atoms with van der Waals surface area (Å²) in [5.74, 6) is 2.17.